The first-order chi connectivity index (χ1) is 9.47. The number of imide groups is 1. The monoisotopic (exact) mass is 355 g/mol. The number of nitrogens with zero attached hydrogens (tertiary/aromatic N) is 1. The second kappa shape index (κ2) is 6.19. The number of urea groups is 1. The molecular formula is C13H11BrClN3O2. The molecule has 1 aromatic heterocycles. The summed E-state index contributed by atoms with van der Waals surface area (Å²) in [6.07, 6.45) is 1.64. The topological polar surface area (TPSA) is 71.1 Å². The molecule has 0 aliphatic rings. The van der Waals surface area contributed by atoms with Crippen molar-refractivity contribution in [2.45, 2.75) is 12.3 Å². The van der Waals surface area contributed by atoms with Crippen LogP contribution >= 0.6 is 27.5 Å². The van der Waals surface area contributed by atoms with Crippen LogP contribution in [0.3, 0.4) is 0 Å². The largest absolute Gasteiger partial charge is 0.325 e. The van der Waals surface area contributed by atoms with Crippen molar-refractivity contribution in [2.24, 2.45) is 0 Å². The van der Waals surface area contributed by atoms with Crippen LogP contribution in [0.2, 0.25) is 0 Å². The molecule has 7 heteroatoms. The number of rotatable bonds is 2. The molecule has 0 radical (unpaired) electrons. The molecule has 1 aromatic carbocycles. The van der Waals surface area contributed by atoms with Crippen LogP contribution in [0.5, 0.6) is 0 Å². The number of para-hydroxylation sites is 1. The fourth-order valence-electron chi connectivity index (χ4n) is 1.60. The Morgan fingerprint density at radius 1 is 1.40 bits per heavy atom. The number of hydrogen-bond acceptors (Lipinski definition) is 3. The SMILES string of the molecule is CC(Cl)C(=O)NC(=O)Nc1cccc2cc(Br)cnc12. The number of anilines is 1. The first-order valence-corrected chi connectivity index (χ1v) is 7.00. The van der Waals surface area contributed by atoms with Gasteiger partial charge in [0.2, 0.25) is 5.91 Å². The Morgan fingerprint density at radius 3 is 2.85 bits per heavy atom. The quantitative estimate of drug-likeness (QED) is 0.811. The molecule has 1 heterocycles. The second-order valence-corrected chi connectivity index (χ2v) is 5.66. The number of carbonyl (C=O) groups excluding carboxylic acids is 2. The lowest BCUT2D eigenvalue weighted by Crippen LogP contribution is -2.38. The molecule has 2 aromatic rings. The van der Waals surface area contributed by atoms with Crippen LogP contribution in [0.15, 0.2) is 34.9 Å². The van der Waals surface area contributed by atoms with Crippen LogP contribution in [-0.4, -0.2) is 22.3 Å². The number of benzene rings is 1. The summed E-state index contributed by atoms with van der Waals surface area (Å²) in [5, 5.41) is 4.82. The van der Waals surface area contributed by atoms with Gasteiger partial charge < -0.3 is 5.32 Å². The van der Waals surface area contributed by atoms with Gasteiger partial charge in [-0.25, -0.2) is 4.79 Å². The molecule has 0 aliphatic heterocycles. The summed E-state index contributed by atoms with van der Waals surface area (Å²) in [6, 6.07) is 6.62. The molecule has 0 spiro atoms. The molecule has 0 saturated carbocycles. The zero-order valence-corrected chi connectivity index (χ0v) is 12.8. The summed E-state index contributed by atoms with van der Waals surface area (Å²) in [5.74, 6) is -0.555. The van der Waals surface area contributed by atoms with E-state index in [1.807, 2.05) is 12.1 Å². The number of fused-ring (bicyclic) bond motifs is 1. The van der Waals surface area contributed by atoms with Gasteiger partial charge in [-0.2, -0.15) is 0 Å². The Morgan fingerprint density at radius 2 is 2.15 bits per heavy atom. The van der Waals surface area contributed by atoms with E-state index in [4.69, 9.17) is 11.6 Å². The van der Waals surface area contributed by atoms with E-state index in [0.717, 1.165) is 9.86 Å². The molecule has 1 unspecified atom stereocenters. The predicted molar refractivity (Wildman–Crippen MR) is 81.9 cm³/mol. The number of pyridine rings is 1. The molecule has 5 nitrogen and oxygen atoms in total. The highest BCUT2D eigenvalue weighted by molar-refractivity contribution is 9.10. The fraction of sp³-hybridized carbons (Fsp3) is 0.154. The van der Waals surface area contributed by atoms with Gasteiger partial charge in [0.1, 0.15) is 5.38 Å². The van der Waals surface area contributed by atoms with Gasteiger partial charge >= 0.3 is 6.03 Å². The fourth-order valence-corrected chi connectivity index (χ4v) is 2.00. The number of halogens is 2. The first kappa shape index (κ1) is 14.7. The highest BCUT2D eigenvalue weighted by atomic mass is 79.9. The number of carbonyl (C=O) groups is 2. The van der Waals surface area contributed by atoms with E-state index < -0.39 is 17.3 Å². The Bertz CT molecular complexity index is 676. The van der Waals surface area contributed by atoms with Crippen LogP contribution in [0.25, 0.3) is 10.9 Å². The number of amides is 3. The van der Waals surface area contributed by atoms with E-state index >= 15 is 0 Å². The lowest BCUT2D eigenvalue weighted by molar-refractivity contribution is -0.119. The van der Waals surface area contributed by atoms with Crippen molar-refractivity contribution in [3.8, 4) is 0 Å². The molecule has 0 bridgehead atoms. The van der Waals surface area contributed by atoms with E-state index in [1.165, 1.54) is 6.92 Å². The van der Waals surface area contributed by atoms with Gasteiger partial charge in [-0.05, 0) is 35.0 Å². The summed E-state index contributed by atoms with van der Waals surface area (Å²) in [4.78, 5) is 27.3. The average Bonchev–Trinajstić information content (AvgIpc) is 2.38. The van der Waals surface area contributed by atoms with Gasteiger partial charge in [-0.1, -0.05) is 12.1 Å². The summed E-state index contributed by atoms with van der Waals surface area (Å²) < 4.78 is 0.845. The summed E-state index contributed by atoms with van der Waals surface area (Å²) in [5.41, 5.74) is 1.15. The Balaban J connectivity index is 2.22. The summed E-state index contributed by atoms with van der Waals surface area (Å²) in [6.45, 7) is 1.49. The van der Waals surface area contributed by atoms with E-state index in [-0.39, 0.29) is 0 Å². The molecule has 104 valence electrons. The smallest absolute Gasteiger partial charge is 0.306 e. The maximum absolute atomic E-state index is 11.7. The van der Waals surface area contributed by atoms with Crippen LogP contribution in [0.4, 0.5) is 10.5 Å². The third-order valence-electron chi connectivity index (χ3n) is 2.52. The zero-order chi connectivity index (χ0) is 14.7. The number of aromatic nitrogens is 1. The minimum atomic E-state index is -0.776. The van der Waals surface area contributed by atoms with Gasteiger partial charge in [-0.15, -0.1) is 11.6 Å². The van der Waals surface area contributed by atoms with Crippen LogP contribution in [-0.2, 0) is 4.79 Å². The number of hydrogen-bond donors (Lipinski definition) is 2. The molecule has 0 fully saturated rings. The standard InChI is InChI=1S/C13H11BrClN3O2/c1-7(15)12(19)18-13(20)17-10-4-2-3-8-5-9(14)6-16-11(8)10/h2-7H,1H3,(H2,17,18,19,20). The van der Waals surface area contributed by atoms with Crippen molar-refractivity contribution >= 4 is 56.1 Å². The van der Waals surface area contributed by atoms with Gasteiger partial charge in [0.15, 0.2) is 0 Å². The molecule has 2 N–H and O–H groups in total. The van der Waals surface area contributed by atoms with Crippen molar-refractivity contribution in [1.82, 2.24) is 10.3 Å². The van der Waals surface area contributed by atoms with E-state index in [0.29, 0.717) is 11.2 Å². The van der Waals surface area contributed by atoms with Crippen molar-refractivity contribution in [3.05, 3.63) is 34.9 Å². The van der Waals surface area contributed by atoms with Gasteiger partial charge in [0.25, 0.3) is 0 Å². The van der Waals surface area contributed by atoms with Gasteiger partial charge in [0.05, 0.1) is 11.2 Å². The minimum Gasteiger partial charge on any atom is -0.306 e. The lowest BCUT2D eigenvalue weighted by atomic mass is 10.2. The van der Waals surface area contributed by atoms with E-state index in [2.05, 4.69) is 31.5 Å². The number of nitrogens with one attached hydrogen (secondary N) is 2. The maximum atomic E-state index is 11.7. The molecular weight excluding hydrogens is 346 g/mol. The third-order valence-corrected chi connectivity index (χ3v) is 3.16. The normalized spacial score (nSPS) is 11.9. The summed E-state index contributed by atoms with van der Waals surface area (Å²) in [7, 11) is 0. The van der Waals surface area contributed by atoms with Crippen LogP contribution in [0, 0.1) is 0 Å². The zero-order valence-electron chi connectivity index (χ0n) is 10.5. The van der Waals surface area contributed by atoms with Crippen LogP contribution < -0.4 is 10.6 Å². The second-order valence-electron chi connectivity index (χ2n) is 4.09. The van der Waals surface area contributed by atoms with Crippen molar-refractivity contribution in [3.63, 3.8) is 0 Å². The number of alkyl halides is 1. The van der Waals surface area contributed by atoms with Gasteiger partial charge in [0, 0.05) is 16.1 Å². The van der Waals surface area contributed by atoms with Crippen molar-refractivity contribution in [2.75, 3.05) is 5.32 Å². The van der Waals surface area contributed by atoms with E-state index in [9.17, 15) is 9.59 Å². The lowest BCUT2D eigenvalue weighted by Gasteiger charge is -2.09. The average molecular weight is 357 g/mol. The first-order valence-electron chi connectivity index (χ1n) is 5.77. The van der Waals surface area contributed by atoms with Gasteiger partial charge in [-0.3, -0.25) is 15.1 Å². The molecule has 3 amide bonds. The Labute approximate surface area is 128 Å². The molecule has 1 atom stereocenters. The Hall–Kier alpha value is -1.66. The Kier molecular flexibility index (Phi) is 4.57. The highest BCUT2D eigenvalue weighted by Gasteiger charge is 2.14. The maximum Gasteiger partial charge on any atom is 0.325 e. The molecule has 0 aliphatic carbocycles. The molecule has 0 saturated heterocycles. The summed E-state index contributed by atoms with van der Waals surface area (Å²) >= 11 is 8.91. The van der Waals surface area contributed by atoms with Crippen molar-refractivity contribution < 1.29 is 9.59 Å². The van der Waals surface area contributed by atoms with Crippen LogP contribution in [0.1, 0.15) is 6.92 Å². The molecule has 2 rings (SSSR count). The van der Waals surface area contributed by atoms with E-state index in [1.54, 1.807) is 18.3 Å². The highest BCUT2D eigenvalue weighted by Crippen LogP contribution is 2.23. The molecule has 20 heavy (non-hydrogen) atoms. The third kappa shape index (κ3) is 3.46. The van der Waals surface area contributed by atoms with Crippen molar-refractivity contribution in [1.29, 1.82) is 0 Å². The minimum absolute atomic E-state index is 0.516. The predicted octanol–water partition coefficient (Wildman–Crippen LogP) is 3.27.